The van der Waals surface area contributed by atoms with Gasteiger partial charge in [-0.1, -0.05) is 13.8 Å². The van der Waals surface area contributed by atoms with Gasteiger partial charge in [0.15, 0.2) is 11.4 Å². The Hall–Kier alpha value is -1.18. The second kappa shape index (κ2) is 3.94. The van der Waals surface area contributed by atoms with Gasteiger partial charge in [0.25, 0.3) is 0 Å². The molecular weight excluding hydrogens is 235 g/mol. The lowest BCUT2D eigenvalue weighted by Crippen LogP contribution is -2.38. The second-order valence-corrected chi connectivity index (χ2v) is 4.57. The van der Waals surface area contributed by atoms with Crippen molar-refractivity contribution in [2.45, 2.75) is 51.0 Å². The summed E-state index contributed by atoms with van der Waals surface area (Å²) in [4.78, 5) is 0. The molecule has 1 N–H and O–H groups in total. The summed E-state index contributed by atoms with van der Waals surface area (Å²) in [5.74, 6) is 0.230. The summed E-state index contributed by atoms with van der Waals surface area (Å²) in [6.45, 7) is 4.05. The van der Waals surface area contributed by atoms with Gasteiger partial charge in [-0.25, -0.2) is 4.68 Å². The molecule has 96 valence electrons. The molecule has 1 aliphatic rings. The van der Waals surface area contributed by atoms with E-state index in [1.54, 1.807) is 0 Å². The predicted octanol–water partition coefficient (Wildman–Crippen LogP) is 1.22. The summed E-state index contributed by atoms with van der Waals surface area (Å²) >= 11 is 0. The summed E-state index contributed by atoms with van der Waals surface area (Å²) in [7, 11) is 0. The number of rotatable bonds is 4. The second-order valence-electron chi connectivity index (χ2n) is 4.57. The highest BCUT2D eigenvalue weighted by Crippen LogP contribution is 2.55. The van der Waals surface area contributed by atoms with Gasteiger partial charge in [0.05, 0.1) is 6.54 Å². The molecule has 0 bridgehead atoms. The number of nitrogens with one attached hydrogen (secondary N) is 1. The average molecular weight is 249 g/mol. The number of halogens is 3. The van der Waals surface area contributed by atoms with Crippen LogP contribution < -0.4 is 5.32 Å². The minimum Gasteiger partial charge on any atom is -0.308 e. The Labute approximate surface area is 96.4 Å². The van der Waals surface area contributed by atoms with Crippen LogP contribution in [0, 0.1) is 0 Å². The molecule has 0 saturated heterocycles. The zero-order chi connectivity index (χ0) is 12.7. The molecule has 1 aromatic rings. The first-order chi connectivity index (χ1) is 7.87. The van der Waals surface area contributed by atoms with E-state index in [0.29, 0.717) is 0 Å². The molecule has 1 aromatic heterocycles. The smallest absolute Gasteiger partial charge is 0.308 e. The SMILES string of the molecule is CC(C)NCc1nnnn1C1(C(F)(F)F)CC1. The van der Waals surface area contributed by atoms with E-state index in [0.717, 1.165) is 4.68 Å². The van der Waals surface area contributed by atoms with E-state index in [-0.39, 0.29) is 31.3 Å². The fourth-order valence-electron chi connectivity index (χ4n) is 1.68. The third-order valence-electron chi connectivity index (χ3n) is 2.86. The van der Waals surface area contributed by atoms with E-state index in [4.69, 9.17) is 0 Å². The van der Waals surface area contributed by atoms with E-state index in [1.807, 2.05) is 13.8 Å². The standard InChI is InChI=1S/C9H14F3N5/c1-6(2)13-5-7-14-15-16-17(7)8(3-4-8)9(10,11)12/h6,13H,3-5H2,1-2H3. The van der Waals surface area contributed by atoms with Gasteiger partial charge in [0.1, 0.15) is 0 Å². The van der Waals surface area contributed by atoms with Crippen LogP contribution in [0.15, 0.2) is 0 Å². The van der Waals surface area contributed by atoms with Crippen molar-refractivity contribution in [2.75, 3.05) is 0 Å². The van der Waals surface area contributed by atoms with Gasteiger partial charge in [-0.2, -0.15) is 13.2 Å². The van der Waals surface area contributed by atoms with E-state index >= 15 is 0 Å². The molecule has 0 atom stereocenters. The molecule has 0 unspecified atom stereocenters. The molecule has 1 aliphatic carbocycles. The highest BCUT2D eigenvalue weighted by atomic mass is 19.4. The van der Waals surface area contributed by atoms with Crippen molar-refractivity contribution in [3.8, 4) is 0 Å². The largest absolute Gasteiger partial charge is 0.413 e. The Morgan fingerprint density at radius 1 is 1.41 bits per heavy atom. The topological polar surface area (TPSA) is 55.6 Å². The number of hydrogen-bond donors (Lipinski definition) is 1. The Morgan fingerprint density at radius 2 is 2.06 bits per heavy atom. The minimum absolute atomic E-state index is 0.0518. The van der Waals surface area contributed by atoms with Crippen LogP contribution in [0.3, 0.4) is 0 Å². The van der Waals surface area contributed by atoms with Gasteiger partial charge in [-0.15, -0.1) is 5.10 Å². The van der Waals surface area contributed by atoms with Crippen LogP contribution in [-0.2, 0) is 12.1 Å². The highest BCUT2D eigenvalue weighted by molar-refractivity contribution is 5.07. The Kier molecular flexibility index (Phi) is 2.84. The molecule has 1 saturated carbocycles. The molecule has 0 aromatic carbocycles. The molecule has 8 heteroatoms. The number of nitrogens with zero attached hydrogens (tertiary/aromatic N) is 4. The molecule has 5 nitrogen and oxygen atoms in total. The monoisotopic (exact) mass is 249 g/mol. The van der Waals surface area contributed by atoms with E-state index in [9.17, 15) is 13.2 Å². The van der Waals surface area contributed by atoms with Gasteiger partial charge in [0, 0.05) is 6.04 Å². The Morgan fingerprint density at radius 3 is 2.53 bits per heavy atom. The third kappa shape index (κ3) is 2.13. The highest BCUT2D eigenvalue weighted by Gasteiger charge is 2.66. The average Bonchev–Trinajstić information content (AvgIpc) is 2.89. The normalized spacial score (nSPS) is 18.7. The van der Waals surface area contributed by atoms with Crippen LogP contribution in [0.2, 0.25) is 0 Å². The van der Waals surface area contributed by atoms with Crippen molar-refractivity contribution in [1.29, 1.82) is 0 Å². The predicted molar refractivity (Wildman–Crippen MR) is 53.1 cm³/mol. The molecule has 1 heterocycles. The first-order valence-electron chi connectivity index (χ1n) is 5.45. The first-order valence-corrected chi connectivity index (χ1v) is 5.45. The van der Waals surface area contributed by atoms with Crippen molar-refractivity contribution < 1.29 is 13.2 Å². The van der Waals surface area contributed by atoms with Crippen LogP contribution >= 0.6 is 0 Å². The summed E-state index contributed by atoms with van der Waals surface area (Å²) in [6, 6.07) is 0.168. The molecule has 1 fully saturated rings. The zero-order valence-electron chi connectivity index (χ0n) is 9.62. The van der Waals surface area contributed by atoms with Crippen LogP contribution in [0.5, 0.6) is 0 Å². The molecular formula is C9H14F3N5. The number of tetrazole rings is 1. The molecule has 0 radical (unpaired) electrons. The van der Waals surface area contributed by atoms with Crippen molar-refractivity contribution >= 4 is 0 Å². The minimum atomic E-state index is -4.30. The number of aromatic nitrogens is 4. The Balaban J connectivity index is 2.20. The fourth-order valence-corrected chi connectivity index (χ4v) is 1.68. The first kappa shape index (κ1) is 12.3. The van der Waals surface area contributed by atoms with Gasteiger partial charge in [0.2, 0.25) is 0 Å². The lowest BCUT2D eigenvalue weighted by atomic mass is 10.2. The molecule has 2 rings (SSSR count). The van der Waals surface area contributed by atoms with Crippen LogP contribution in [0.25, 0.3) is 0 Å². The van der Waals surface area contributed by atoms with Crippen molar-refractivity contribution in [1.82, 2.24) is 25.5 Å². The summed E-state index contributed by atoms with van der Waals surface area (Å²) < 4.78 is 39.6. The fraction of sp³-hybridized carbons (Fsp3) is 0.889. The van der Waals surface area contributed by atoms with Crippen LogP contribution in [0.4, 0.5) is 13.2 Å². The maximum atomic E-state index is 12.9. The molecule has 17 heavy (non-hydrogen) atoms. The Bertz CT molecular complexity index is 394. The summed E-state index contributed by atoms with van der Waals surface area (Å²) in [6.07, 6.45) is -4.19. The molecule has 0 aliphatic heterocycles. The maximum absolute atomic E-state index is 12.9. The van der Waals surface area contributed by atoms with Gasteiger partial charge < -0.3 is 5.32 Å². The third-order valence-corrected chi connectivity index (χ3v) is 2.86. The van der Waals surface area contributed by atoms with Crippen molar-refractivity contribution in [3.05, 3.63) is 5.82 Å². The lowest BCUT2D eigenvalue weighted by Gasteiger charge is -2.20. The number of hydrogen-bond acceptors (Lipinski definition) is 4. The van der Waals surface area contributed by atoms with Crippen LogP contribution in [0.1, 0.15) is 32.5 Å². The van der Waals surface area contributed by atoms with Gasteiger partial charge in [-0.3, -0.25) is 0 Å². The van der Waals surface area contributed by atoms with E-state index < -0.39 is 11.7 Å². The van der Waals surface area contributed by atoms with Gasteiger partial charge >= 0.3 is 6.18 Å². The van der Waals surface area contributed by atoms with E-state index in [1.165, 1.54) is 0 Å². The quantitative estimate of drug-likeness (QED) is 0.871. The maximum Gasteiger partial charge on any atom is 0.413 e. The molecule has 0 spiro atoms. The molecule has 0 amide bonds. The zero-order valence-corrected chi connectivity index (χ0v) is 9.62. The van der Waals surface area contributed by atoms with Gasteiger partial charge in [-0.05, 0) is 23.3 Å². The summed E-state index contributed by atoms with van der Waals surface area (Å²) in [5, 5.41) is 13.5. The lowest BCUT2D eigenvalue weighted by molar-refractivity contribution is -0.183. The number of alkyl halides is 3. The van der Waals surface area contributed by atoms with Crippen LogP contribution in [-0.4, -0.2) is 32.4 Å². The summed E-state index contributed by atoms with van der Waals surface area (Å²) in [5.41, 5.74) is -1.87. The van der Waals surface area contributed by atoms with Crippen molar-refractivity contribution in [3.63, 3.8) is 0 Å². The van der Waals surface area contributed by atoms with Crippen molar-refractivity contribution in [2.24, 2.45) is 0 Å². The van der Waals surface area contributed by atoms with E-state index in [2.05, 4.69) is 20.8 Å².